The Labute approximate surface area is 123 Å². The third-order valence-corrected chi connectivity index (χ3v) is 2.81. The second-order valence-electron chi connectivity index (χ2n) is 4.21. The van der Waals surface area contributed by atoms with Crippen molar-refractivity contribution in [2.24, 2.45) is 0 Å². The molecule has 2 rings (SSSR count). The molecule has 0 aliphatic rings. The molecule has 0 fully saturated rings. The van der Waals surface area contributed by atoms with Crippen molar-refractivity contribution in [2.75, 3.05) is 26.1 Å². The quantitative estimate of drug-likeness (QED) is 0.651. The molecule has 0 aromatic heterocycles. The van der Waals surface area contributed by atoms with E-state index in [1.165, 1.54) is 7.11 Å². The Morgan fingerprint density at radius 3 is 2.38 bits per heavy atom. The number of nitrogens with zero attached hydrogens (tertiary/aromatic N) is 1. The van der Waals surface area contributed by atoms with E-state index in [0.29, 0.717) is 41.7 Å². The van der Waals surface area contributed by atoms with E-state index in [1.807, 2.05) is 18.2 Å². The van der Waals surface area contributed by atoms with Crippen LogP contribution in [0, 0.1) is 11.3 Å². The fourth-order valence-electron chi connectivity index (χ4n) is 1.77. The van der Waals surface area contributed by atoms with Crippen LogP contribution in [0.25, 0.3) is 0 Å². The lowest BCUT2D eigenvalue weighted by Gasteiger charge is -2.12. The van der Waals surface area contributed by atoms with Crippen LogP contribution >= 0.6 is 0 Å². The Morgan fingerprint density at radius 2 is 1.71 bits per heavy atom. The molecule has 0 saturated carbocycles. The number of nitrogens with two attached hydrogens (primary N) is 1. The van der Waals surface area contributed by atoms with E-state index in [1.54, 1.807) is 30.3 Å². The fourth-order valence-corrected chi connectivity index (χ4v) is 1.77. The smallest absolute Gasteiger partial charge is 0.162 e. The van der Waals surface area contributed by atoms with Gasteiger partial charge >= 0.3 is 0 Å². The standard InChI is InChI=1S/C16H16N2O3/c1-19-16-10-12(11-17)6-7-15(16)21-9-8-20-14-5-3-2-4-13(14)18/h2-7,10H,8-9,18H2,1H3. The summed E-state index contributed by atoms with van der Waals surface area (Å²) in [6.07, 6.45) is 0. The van der Waals surface area contributed by atoms with Gasteiger partial charge in [0, 0.05) is 6.07 Å². The number of rotatable bonds is 6. The van der Waals surface area contributed by atoms with E-state index in [4.69, 9.17) is 25.2 Å². The van der Waals surface area contributed by atoms with E-state index in [2.05, 4.69) is 0 Å². The highest BCUT2D eigenvalue weighted by Gasteiger charge is 2.06. The molecule has 2 aromatic carbocycles. The zero-order valence-corrected chi connectivity index (χ0v) is 11.7. The van der Waals surface area contributed by atoms with Gasteiger partial charge in [-0.25, -0.2) is 0 Å². The van der Waals surface area contributed by atoms with Crippen molar-refractivity contribution in [2.45, 2.75) is 0 Å². The molecule has 0 atom stereocenters. The summed E-state index contributed by atoms with van der Waals surface area (Å²) in [5.74, 6) is 1.72. The minimum atomic E-state index is 0.344. The third-order valence-electron chi connectivity index (χ3n) is 2.81. The Kier molecular flexibility index (Phi) is 4.89. The summed E-state index contributed by atoms with van der Waals surface area (Å²) in [5, 5.41) is 8.84. The van der Waals surface area contributed by atoms with Gasteiger partial charge in [0.2, 0.25) is 0 Å². The maximum Gasteiger partial charge on any atom is 0.162 e. The number of hydrogen-bond donors (Lipinski definition) is 1. The highest BCUT2D eigenvalue weighted by atomic mass is 16.5. The van der Waals surface area contributed by atoms with Crippen LogP contribution in [0.3, 0.4) is 0 Å². The summed E-state index contributed by atoms with van der Waals surface area (Å²) in [5.41, 5.74) is 6.89. The van der Waals surface area contributed by atoms with Gasteiger partial charge < -0.3 is 19.9 Å². The Balaban J connectivity index is 1.89. The number of benzene rings is 2. The minimum absolute atomic E-state index is 0.344. The molecule has 0 aliphatic carbocycles. The van der Waals surface area contributed by atoms with Crippen LogP contribution in [0.5, 0.6) is 17.2 Å². The van der Waals surface area contributed by atoms with Crippen LogP contribution < -0.4 is 19.9 Å². The van der Waals surface area contributed by atoms with Gasteiger partial charge in [0.25, 0.3) is 0 Å². The number of anilines is 1. The largest absolute Gasteiger partial charge is 0.493 e. The van der Waals surface area contributed by atoms with E-state index in [0.717, 1.165) is 0 Å². The van der Waals surface area contributed by atoms with Crippen molar-refractivity contribution in [3.8, 4) is 23.3 Å². The van der Waals surface area contributed by atoms with Crippen molar-refractivity contribution >= 4 is 5.69 Å². The molecule has 2 aromatic rings. The van der Waals surface area contributed by atoms with Gasteiger partial charge in [-0.05, 0) is 24.3 Å². The topological polar surface area (TPSA) is 77.5 Å². The van der Waals surface area contributed by atoms with Gasteiger partial charge in [0.15, 0.2) is 11.5 Å². The van der Waals surface area contributed by atoms with Crippen molar-refractivity contribution in [3.63, 3.8) is 0 Å². The molecule has 0 unspecified atom stereocenters. The van der Waals surface area contributed by atoms with Crippen molar-refractivity contribution < 1.29 is 14.2 Å². The highest BCUT2D eigenvalue weighted by molar-refractivity contribution is 5.51. The number of nitriles is 1. The van der Waals surface area contributed by atoms with Crippen LogP contribution in [0.4, 0.5) is 5.69 Å². The second-order valence-corrected chi connectivity index (χ2v) is 4.21. The molecule has 0 radical (unpaired) electrons. The Morgan fingerprint density at radius 1 is 1.00 bits per heavy atom. The second kappa shape index (κ2) is 7.06. The van der Waals surface area contributed by atoms with Crippen molar-refractivity contribution in [1.82, 2.24) is 0 Å². The number of para-hydroxylation sites is 2. The Bertz CT molecular complexity index is 650. The van der Waals surface area contributed by atoms with Crippen LogP contribution in [-0.4, -0.2) is 20.3 Å². The molecule has 21 heavy (non-hydrogen) atoms. The average molecular weight is 284 g/mol. The summed E-state index contributed by atoms with van der Waals surface area (Å²) in [7, 11) is 1.53. The number of hydrogen-bond acceptors (Lipinski definition) is 5. The van der Waals surface area contributed by atoms with Gasteiger partial charge in [0.1, 0.15) is 19.0 Å². The van der Waals surface area contributed by atoms with Crippen molar-refractivity contribution in [3.05, 3.63) is 48.0 Å². The van der Waals surface area contributed by atoms with E-state index in [9.17, 15) is 0 Å². The molecule has 0 bridgehead atoms. The predicted octanol–water partition coefficient (Wildman–Crippen LogP) is 2.61. The lowest BCUT2D eigenvalue weighted by molar-refractivity contribution is 0.212. The molecule has 5 nitrogen and oxygen atoms in total. The molecule has 5 heteroatoms. The first kappa shape index (κ1) is 14.5. The molecule has 108 valence electrons. The number of ether oxygens (including phenoxy) is 3. The van der Waals surface area contributed by atoms with Gasteiger partial charge in [-0.3, -0.25) is 0 Å². The summed E-state index contributed by atoms with van der Waals surface area (Å²) >= 11 is 0. The normalized spacial score (nSPS) is 9.71. The van der Waals surface area contributed by atoms with Crippen LogP contribution in [-0.2, 0) is 0 Å². The maximum atomic E-state index is 8.84. The third kappa shape index (κ3) is 3.80. The van der Waals surface area contributed by atoms with Gasteiger partial charge in [-0.1, -0.05) is 12.1 Å². The number of methoxy groups -OCH3 is 1. The Hall–Kier alpha value is -2.87. The van der Waals surface area contributed by atoms with E-state index in [-0.39, 0.29) is 0 Å². The summed E-state index contributed by atoms with van der Waals surface area (Å²) in [4.78, 5) is 0. The average Bonchev–Trinajstić information content (AvgIpc) is 2.53. The van der Waals surface area contributed by atoms with Gasteiger partial charge in [-0.2, -0.15) is 5.26 Å². The lowest BCUT2D eigenvalue weighted by Crippen LogP contribution is -2.10. The van der Waals surface area contributed by atoms with Gasteiger partial charge in [-0.15, -0.1) is 0 Å². The fraction of sp³-hybridized carbons (Fsp3) is 0.188. The lowest BCUT2D eigenvalue weighted by atomic mass is 10.2. The van der Waals surface area contributed by atoms with E-state index >= 15 is 0 Å². The summed E-state index contributed by atoms with van der Waals surface area (Å²) < 4.78 is 16.3. The zero-order valence-electron chi connectivity index (χ0n) is 11.7. The van der Waals surface area contributed by atoms with Crippen LogP contribution in [0.15, 0.2) is 42.5 Å². The molecule has 0 amide bonds. The molecular weight excluding hydrogens is 268 g/mol. The van der Waals surface area contributed by atoms with Crippen molar-refractivity contribution in [1.29, 1.82) is 5.26 Å². The maximum absolute atomic E-state index is 8.84. The van der Waals surface area contributed by atoms with E-state index < -0.39 is 0 Å². The monoisotopic (exact) mass is 284 g/mol. The first-order chi connectivity index (χ1) is 10.2. The zero-order chi connectivity index (χ0) is 15.1. The number of nitrogen functional groups attached to an aromatic ring is 1. The first-order valence-electron chi connectivity index (χ1n) is 6.43. The molecule has 0 saturated heterocycles. The van der Waals surface area contributed by atoms with Crippen LogP contribution in [0.1, 0.15) is 5.56 Å². The predicted molar refractivity (Wildman–Crippen MR) is 79.6 cm³/mol. The summed E-state index contributed by atoms with van der Waals surface area (Å²) in [6, 6.07) is 14.3. The molecule has 0 aliphatic heterocycles. The first-order valence-corrected chi connectivity index (χ1v) is 6.43. The molecule has 2 N–H and O–H groups in total. The highest BCUT2D eigenvalue weighted by Crippen LogP contribution is 2.27. The SMILES string of the molecule is COc1cc(C#N)ccc1OCCOc1ccccc1N. The molecule has 0 heterocycles. The van der Waals surface area contributed by atoms with Gasteiger partial charge in [0.05, 0.1) is 24.4 Å². The molecular formula is C16H16N2O3. The summed E-state index contributed by atoms with van der Waals surface area (Å²) in [6.45, 7) is 0.702. The van der Waals surface area contributed by atoms with Crippen LogP contribution in [0.2, 0.25) is 0 Å². The minimum Gasteiger partial charge on any atom is -0.493 e. The molecule has 0 spiro atoms.